The first-order valence-corrected chi connectivity index (χ1v) is 8.23. The van der Waals surface area contributed by atoms with Crippen molar-refractivity contribution in [3.05, 3.63) is 101 Å². The van der Waals surface area contributed by atoms with Crippen LogP contribution in [0.4, 0.5) is 4.39 Å². The summed E-state index contributed by atoms with van der Waals surface area (Å²) in [6.45, 7) is 0. The molecule has 0 amide bonds. The molecule has 0 spiro atoms. The molecule has 126 valence electrons. The van der Waals surface area contributed by atoms with Crippen LogP contribution < -0.4 is 5.56 Å². The average molecular weight is 342 g/mol. The van der Waals surface area contributed by atoms with Crippen LogP contribution in [0.2, 0.25) is 0 Å². The Morgan fingerprint density at radius 1 is 0.846 bits per heavy atom. The average Bonchev–Trinajstić information content (AvgIpc) is 2.69. The van der Waals surface area contributed by atoms with Crippen molar-refractivity contribution >= 4 is 23.2 Å². The molecule has 26 heavy (non-hydrogen) atoms. The Balaban J connectivity index is 1.95. The van der Waals surface area contributed by atoms with Gasteiger partial charge in [0, 0.05) is 11.8 Å². The van der Waals surface area contributed by atoms with E-state index in [4.69, 9.17) is 0 Å². The zero-order chi connectivity index (χ0) is 17.9. The molecular formula is C22H15FN2O. The minimum Gasteiger partial charge on any atom is -0.268 e. The lowest BCUT2D eigenvalue weighted by Crippen LogP contribution is -2.19. The third-order valence-electron chi connectivity index (χ3n) is 4.13. The lowest BCUT2D eigenvalue weighted by atomic mass is 10.1. The maximum atomic E-state index is 13.3. The van der Waals surface area contributed by atoms with Gasteiger partial charge >= 0.3 is 0 Å². The molecule has 4 rings (SSSR count). The van der Waals surface area contributed by atoms with Gasteiger partial charge in [0.15, 0.2) is 0 Å². The fourth-order valence-corrected chi connectivity index (χ4v) is 2.81. The van der Waals surface area contributed by atoms with Gasteiger partial charge in [-0.2, -0.15) is 0 Å². The van der Waals surface area contributed by atoms with Crippen LogP contribution in [0.1, 0.15) is 5.56 Å². The van der Waals surface area contributed by atoms with Crippen molar-refractivity contribution in [1.82, 2.24) is 9.55 Å². The SMILES string of the molecule is O=c1c2ccccc2nc(-c2ccc(F)cc2)n1C=Cc1ccccc1. The number of para-hydroxylation sites is 1. The lowest BCUT2D eigenvalue weighted by Gasteiger charge is -2.10. The first-order chi connectivity index (χ1) is 12.7. The van der Waals surface area contributed by atoms with Crippen molar-refractivity contribution in [2.24, 2.45) is 0 Å². The third-order valence-corrected chi connectivity index (χ3v) is 4.13. The van der Waals surface area contributed by atoms with E-state index in [1.54, 1.807) is 30.5 Å². The predicted molar refractivity (Wildman–Crippen MR) is 103 cm³/mol. The van der Waals surface area contributed by atoms with Crippen LogP contribution in [0.15, 0.2) is 83.7 Å². The molecule has 3 aromatic carbocycles. The van der Waals surface area contributed by atoms with Crippen LogP contribution in [0.5, 0.6) is 0 Å². The van der Waals surface area contributed by atoms with E-state index in [2.05, 4.69) is 4.98 Å². The topological polar surface area (TPSA) is 34.9 Å². The highest BCUT2D eigenvalue weighted by Gasteiger charge is 2.11. The van der Waals surface area contributed by atoms with Crippen molar-refractivity contribution < 1.29 is 4.39 Å². The van der Waals surface area contributed by atoms with Gasteiger partial charge in [-0.05, 0) is 48.0 Å². The van der Waals surface area contributed by atoms with Crippen LogP contribution in [-0.2, 0) is 0 Å². The molecule has 4 aromatic rings. The summed E-state index contributed by atoms with van der Waals surface area (Å²) in [7, 11) is 0. The minimum absolute atomic E-state index is 0.165. The van der Waals surface area contributed by atoms with Crippen molar-refractivity contribution in [2.45, 2.75) is 0 Å². The number of aromatic nitrogens is 2. The minimum atomic E-state index is -0.330. The van der Waals surface area contributed by atoms with E-state index in [-0.39, 0.29) is 11.4 Å². The fraction of sp³-hybridized carbons (Fsp3) is 0. The molecule has 0 fully saturated rings. The highest BCUT2D eigenvalue weighted by molar-refractivity contribution is 5.81. The molecular weight excluding hydrogens is 327 g/mol. The van der Waals surface area contributed by atoms with E-state index >= 15 is 0 Å². The van der Waals surface area contributed by atoms with Gasteiger partial charge in [0.25, 0.3) is 5.56 Å². The van der Waals surface area contributed by atoms with Crippen molar-refractivity contribution in [2.75, 3.05) is 0 Å². The predicted octanol–water partition coefficient (Wildman–Crippen LogP) is 4.83. The number of hydrogen-bond donors (Lipinski definition) is 0. The summed E-state index contributed by atoms with van der Waals surface area (Å²) in [6, 6.07) is 22.9. The Kier molecular flexibility index (Phi) is 4.15. The van der Waals surface area contributed by atoms with Gasteiger partial charge in [0.2, 0.25) is 0 Å². The quantitative estimate of drug-likeness (QED) is 0.534. The van der Waals surface area contributed by atoms with E-state index in [0.717, 1.165) is 5.56 Å². The van der Waals surface area contributed by atoms with E-state index in [9.17, 15) is 9.18 Å². The number of rotatable bonds is 3. The molecule has 4 heteroatoms. The maximum absolute atomic E-state index is 13.3. The van der Waals surface area contributed by atoms with Gasteiger partial charge < -0.3 is 0 Å². The van der Waals surface area contributed by atoms with Gasteiger partial charge in [-0.15, -0.1) is 0 Å². The van der Waals surface area contributed by atoms with Crippen LogP contribution in [0.25, 0.3) is 34.6 Å². The first kappa shape index (κ1) is 16.0. The molecule has 0 N–H and O–H groups in total. The molecule has 0 radical (unpaired) electrons. The summed E-state index contributed by atoms with van der Waals surface area (Å²) >= 11 is 0. The van der Waals surface area contributed by atoms with Gasteiger partial charge in [-0.1, -0.05) is 42.5 Å². The Morgan fingerprint density at radius 3 is 2.31 bits per heavy atom. The number of hydrogen-bond acceptors (Lipinski definition) is 2. The molecule has 1 aromatic heterocycles. The van der Waals surface area contributed by atoms with Crippen LogP contribution in [0.3, 0.4) is 0 Å². The Bertz CT molecular complexity index is 1150. The standard InChI is InChI=1S/C22H15FN2O/c23-18-12-10-17(11-13-18)21-24-20-9-5-4-8-19(20)22(26)25(21)15-14-16-6-2-1-3-7-16/h1-15H. The summed E-state index contributed by atoms with van der Waals surface area (Å²) in [5, 5.41) is 0.538. The van der Waals surface area contributed by atoms with Gasteiger partial charge in [0.1, 0.15) is 11.6 Å². The summed E-state index contributed by atoms with van der Waals surface area (Å²) in [6.07, 6.45) is 3.56. The normalized spacial score (nSPS) is 11.3. The zero-order valence-electron chi connectivity index (χ0n) is 13.8. The molecule has 1 heterocycles. The Morgan fingerprint density at radius 2 is 1.54 bits per heavy atom. The second-order valence-corrected chi connectivity index (χ2v) is 5.86. The molecule has 0 aliphatic heterocycles. The molecule has 0 saturated carbocycles. The fourth-order valence-electron chi connectivity index (χ4n) is 2.81. The molecule has 0 unspecified atom stereocenters. The van der Waals surface area contributed by atoms with Gasteiger partial charge in [0.05, 0.1) is 10.9 Å². The second-order valence-electron chi connectivity index (χ2n) is 5.86. The third kappa shape index (κ3) is 3.05. The largest absolute Gasteiger partial charge is 0.268 e. The summed E-state index contributed by atoms with van der Waals surface area (Å²) in [5.74, 6) is 0.143. The van der Waals surface area contributed by atoms with Gasteiger partial charge in [-0.25, -0.2) is 9.37 Å². The van der Waals surface area contributed by atoms with E-state index in [1.807, 2.05) is 48.5 Å². The van der Waals surface area contributed by atoms with Crippen molar-refractivity contribution in [1.29, 1.82) is 0 Å². The lowest BCUT2D eigenvalue weighted by molar-refractivity contribution is 0.628. The van der Waals surface area contributed by atoms with E-state index in [1.165, 1.54) is 16.7 Å². The van der Waals surface area contributed by atoms with Crippen LogP contribution >= 0.6 is 0 Å². The number of benzene rings is 3. The molecule has 3 nitrogen and oxygen atoms in total. The second kappa shape index (κ2) is 6.76. The van der Waals surface area contributed by atoms with E-state index < -0.39 is 0 Å². The summed E-state index contributed by atoms with van der Waals surface area (Å²) in [4.78, 5) is 17.6. The van der Waals surface area contributed by atoms with E-state index in [0.29, 0.717) is 22.3 Å². The molecule has 0 bridgehead atoms. The number of nitrogens with zero attached hydrogens (tertiary/aromatic N) is 2. The molecule has 0 aliphatic rings. The van der Waals surface area contributed by atoms with Crippen molar-refractivity contribution in [3.63, 3.8) is 0 Å². The summed E-state index contributed by atoms with van der Waals surface area (Å²) in [5.41, 5.74) is 2.09. The molecule has 0 aliphatic carbocycles. The monoisotopic (exact) mass is 342 g/mol. The molecule has 0 saturated heterocycles. The Hall–Kier alpha value is -3.53. The van der Waals surface area contributed by atoms with Crippen LogP contribution in [-0.4, -0.2) is 9.55 Å². The first-order valence-electron chi connectivity index (χ1n) is 8.23. The van der Waals surface area contributed by atoms with Gasteiger partial charge in [-0.3, -0.25) is 9.36 Å². The molecule has 0 atom stereocenters. The highest BCUT2D eigenvalue weighted by Crippen LogP contribution is 2.20. The zero-order valence-corrected chi connectivity index (χ0v) is 13.8. The maximum Gasteiger partial charge on any atom is 0.265 e. The number of halogens is 1. The van der Waals surface area contributed by atoms with Crippen molar-refractivity contribution in [3.8, 4) is 11.4 Å². The highest BCUT2D eigenvalue weighted by atomic mass is 19.1. The smallest absolute Gasteiger partial charge is 0.265 e. The summed E-state index contributed by atoms with van der Waals surface area (Å²) < 4.78 is 14.8. The van der Waals surface area contributed by atoms with Crippen LogP contribution in [0, 0.1) is 5.82 Å². The Labute approximate surface area is 149 Å². The number of fused-ring (bicyclic) bond motifs is 1.